The molecule has 0 aromatic heterocycles. The van der Waals surface area contributed by atoms with Crippen LogP contribution in [0.25, 0.3) is 6.08 Å². The number of halogens is 1. The predicted molar refractivity (Wildman–Crippen MR) is 111 cm³/mol. The Hall–Kier alpha value is -3.06. The molecule has 29 heavy (non-hydrogen) atoms. The highest BCUT2D eigenvalue weighted by Gasteiger charge is 2.35. The van der Waals surface area contributed by atoms with Crippen LogP contribution in [0, 0.1) is 5.82 Å². The number of imide groups is 1. The standard InChI is InChI=1S/C22H20FNO4S/c1-4-5-16-10-15(11-18(27-2)20(16)28-3)12-19-21(25)24(22(26)29-19)13-14-6-8-17(23)9-7-14/h4,6-12H,1,5,13H2,2-3H3. The molecular weight excluding hydrogens is 393 g/mol. The lowest BCUT2D eigenvalue weighted by molar-refractivity contribution is -0.123. The van der Waals surface area contributed by atoms with Crippen molar-refractivity contribution in [1.29, 1.82) is 0 Å². The number of hydrogen-bond donors (Lipinski definition) is 0. The molecule has 1 saturated heterocycles. The molecule has 1 fully saturated rings. The monoisotopic (exact) mass is 413 g/mol. The van der Waals surface area contributed by atoms with Crippen LogP contribution in [0.4, 0.5) is 9.18 Å². The van der Waals surface area contributed by atoms with Gasteiger partial charge in [0.1, 0.15) is 5.82 Å². The summed E-state index contributed by atoms with van der Waals surface area (Å²) in [5.74, 6) is 0.383. The van der Waals surface area contributed by atoms with Crippen LogP contribution in [0.2, 0.25) is 0 Å². The van der Waals surface area contributed by atoms with Crippen molar-refractivity contribution in [3.63, 3.8) is 0 Å². The second kappa shape index (κ2) is 8.96. The van der Waals surface area contributed by atoms with Crippen LogP contribution < -0.4 is 9.47 Å². The highest BCUT2D eigenvalue weighted by atomic mass is 32.2. The Bertz CT molecular complexity index is 985. The molecule has 0 radical (unpaired) electrons. The fraction of sp³-hybridized carbons (Fsp3) is 0.182. The molecule has 0 aliphatic carbocycles. The number of rotatable bonds is 7. The summed E-state index contributed by atoms with van der Waals surface area (Å²) in [6.45, 7) is 3.85. The number of allylic oxidation sites excluding steroid dienone is 1. The van der Waals surface area contributed by atoms with Crippen LogP contribution >= 0.6 is 11.8 Å². The molecule has 3 rings (SSSR count). The van der Waals surface area contributed by atoms with E-state index in [9.17, 15) is 14.0 Å². The minimum absolute atomic E-state index is 0.0932. The number of thioether (sulfide) groups is 1. The Morgan fingerprint density at radius 2 is 1.86 bits per heavy atom. The zero-order chi connectivity index (χ0) is 21.0. The molecule has 0 atom stereocenters. The molecule has 0 saturated carbocycles. The first-order chi connectivity index (χ1) is 14.0. The summed E-state index contributed by atoms with van der Waals surface area (Å²) < 4.78 is 23.9. The third kappa shape index (κ3) is 4.51. The van der Waals surface area contributed by atoms with Crippen molar-refractivity contribution in [3.05, 3.63) is 76.5 Å². The van der Waals surface area contributed by atoms with Gasteiger partial charge in [-0.15, -0.1) is 6.58 Å². The maximum absolute atomic E-state index is 13.1. The molecule has 0 unspecified atom stereocenters. The second-order valence-electron chi connectivity index (χ2n) is 6.30. The third-order valence-electron chi connectivity index (χ3n) is 4.37. The molecule has 150 valence electrons. The van der Waals surface area contributed by atoms with Gasteiger partial charge in [0, 0.05) is 5.56 Å². The minimum atomic E-state index is -0.385. The molecule has 2 aromatic carbocycles. The summed E-state index contributed by atoms with van der Waals surface area (Å²) in [4.78, 5) is 26.6. The number of hydrogen-bond acceptors (Lipinski definition) is 5. The average molecular weight is 413 g/mol. The summed E-state index contributed by atoms with van der Waals surface area (Å²) in [6.07, 6.45) is 3.97. The maximum Gasteiger partial charge on any atom is 0.293 e. The van der Waals surface area contributed by atoms with Crippen LogP contribution in [0.15, 0.2) is 54.0 Å². The molecule has 0 spiro atoms. The van der Waals surface area contributed by atoms with Gasteiger partial charge >= 0.3 is 0 Å². The van der Waals surface area contributed by atoms with Crippen LogP contribution in [0.1, 0.15) is 16.7 Å². The molecule has 1 heterocycles. The molecule has 0 N–H and O–H groups in total. The first kappa shape index (κ1) is 20.7. The summed E-state index contributed by atoms with van der Waals surface area (Å²) in [5, 5.41) is -0.364. The third-order valence-corrected chi connectivity index (χ3v) is 5.28. The zero-order valence-electron chi connectivity index (χ0n) is 16.1. The van der Waals surface area contributed by atoms with E-state index in [0.29, 0.717) is 34.0 Å². The van der Waals surface area contributed by atoms with Gasteiger partial charge < -0.3 is 9.47 Å². The van der Waals surface area contributed by atoms with Crippen LogP contribution in [0.3, 0.4) is 0 Å². The van der Waals surface area contributed by atoms with Gasteiger partial charge in [0.15, 0.2) is 11.5 Å². The van der Waals surface area contributed by atoms with Crippen molar-refractivity contribution in [1.82, 2.24) is 4.90 Å². The van der Waals surface area contributed by atoms with E-state index in [2.05, 4.69) is 6.58 Å². The highest BCUT2D eigenvalue weighted by Crippen LogP contribution is 2.37. The van der Waals surface area contributed by atoms with E-state index in [1.807, 2.05) is 6.07 Å². The molecule has 7 heteroatoms. The fourth-order valence-corrected chi connectivity index (χ4v) is 3.86. The van der Waals surface area contributed by atoms with Crippen molar-refractivity contribution in [3.8, 4) is 11.5 Å². The molecule has 1 aliphatic heterocycles. The zero-order valence-corrected chi connectivity index (χ0v) is 16.9. The number of carbonyl (C=O) groups excluding carboxylic acids is 2. The lowest BCUT2D eigenvalue weighted by atomic mass is 10.0. The Balaban J connectivity index is 1.89. The molecule has 5 nitrogen and oxygen atoms in total. The Labute approximate surface area is 172 Å². The van der Waals surface area contributed by atoms with E-state index in [0.717, 1.165) is 22.2 Å². The number of carbonyl (C=O) groups is 2. The Morgan fingerprint density at radius 3 is 2.48 bits per heavy atom. The van der Waals surface area contributed by atoms with Crippen LogP contribution in [0.5, 0.6) is 11.5 Å². The number of nitrogens with zero attached hydrogens (tertiary/aromatic N) is 1. The van der Waals surface area contributed by atoms with Crippen molar-refractivity contribution >= 4 is 29.0 Å². The van der Waals surface area contributed by atoms with Gasteiger partial charge in [0.25, 0.3) is 11.1 Å². The number of ether oxygens (including phenoxy) is 2. The topological polar surface area (TPSA) is 55.8 Å². The molecular formula is C22H20FNO4S. The summed E-state index contributed by atoms with van der Waals surface area (Å²) in [6, 6.07) is 9.33. The molecule has 2 aromatic rings. The van der Waals surface area contributed by atoms with Gasteiger partial charge in [-0.05, 0) is 59.7 Å². The number of amides is 2. The summed E-state index contributed by atoms with van der Waals surface area (Å²) in [7, 11) is 3.10. The fourth-order valence-electron chi connectivity index (χ4n) is 3.02. The van der Waals surface area contributed by atoms with Gasteiger partial charge in [0.2, 0.25) is 0 Å². The largest absolute Gasteiger partial charge is 0.493 e. The van der Waals surface area contributed by atoms with Crippen molar-refractivity contribution in [2.45, 2.75) is 13.0 Å². The Morgan fingerprint density at radius 1 is 1.14 bits per heavy atom. The van der Waals surface area contributed by atoms with Crippen molar-refractivity contribution < 1.29 is 23.5 Å². The van der Waals surface area contributed by atoms with Crippen LogP contribution in [-0.4, -0.2) is 30.3 Å². The predicted octanol–water partition coefficient (Wildman–Crippen LogP) is 4.81. The maximum atomic E-state index is 13.1. The van der Waals surface area contributed by atoms with E-state index in [1.54, 1.807) is 37.5 Å². The molecule has 2 amide bonds. The average Bonchev–Trinajstić information content (AvgIpc) is 2.96. The second-order valence-corrected chi connectivity index (χ2v) is 7.30. The van der Waals surface area contributed by atoms with Gasteiger partial charge in [0.05, 0.1) is 25.7 Å². The summed E-state index contributed by atoms with van der Waals surface area (Å²) >= 11 is 0.874. The van der Waals surface area contributed by atoms with Crippen molar-refractivity contribution in [2.75, 3.05) is 14.2 Å². The first-order valence-corrected chi connectivity index (χ1v) is 9.64. The van der Waals surface area contributed by atoms with Crippen LogP contribution in [-0.2, 0) is 17.8 Å². The van der Waals surface area contributed by atoms with E-state index >= 15 is 0 Å². The number of methoxy groups -OCH3 is 2. The van der Waals surface area contributed by atoms with Gasteiger partial charge in [-0.3, -0.25) is 14.5 Å². The van der Waals surface area contributed by atoms with Gasteiger partial charge in [-0.1, -0.05) is 18.2 Å². The SMILES string of the molecule is C=CCc1cc(C=C2SC(=O)N(Cc3ccc(F)cc3)C2=O)cc(OC)c1OC. The lowest BCUT2D eigenvalue weighted by Crippen LogP contribution is -2.27. The quantitative estimate of drug-likeness (QED) is 0.482. The van der Waals surface area contributed by atoms with E-state index in [-0.39, 0.29) is 23.5 Å². The first-order valence-electron chi connectivity index (χ1n) is 8.82. The lowest BCUT2D eigenvalue weighted by Gasteiger charge is -2.13. The summed E-state index contributed by atoms with van der Waals surface area (Å²) in [5.41, 5.74) is 2.25. The molecule has 1 aliphatic rings. The molecule has 0 bridgehead atoms. The smallest absolute Gasteiger partial charge is 0.293 e. The number of benzene rings is 2. The highest BCUT2D eigenvalue weighted by molar-refractivity contribution is 8.18. The van der Waals surface area contributed by atoms with Crippen molar-refractivity contribution in [2.24, 2.45) is 0 Å². The minimum Gasteiger partial charge on any atom is -0.493 e. The normalized spacial score (nSPS) is 15.1. The van der Waals surface area contributed by atoms with E-state index < -0.39 is 0 Å². The van der Waals surface area contributed by atoms with Gasteiger partial charge in [-0.25, -0.2) is 4.39 Å². The van der Waals surface area contributed by atoms with Gasteiger partial charge in [-0.2, -0.15) is 0 Å². The van der Waals surface area contributed by atoms with E-state index in [1.165, 1.54) is 19.2 Å². The Kier molecular flexibility index (Phi) is 6.39. The van der Waals surface area contributed by atoms with E-state index in [4.69, 9.17) is 9.47 Å².